The van der Waals surface area contributed by atoms with E-state index in [-0.39, 0.29) is 17.9 Å². The maximum Gasteiger partial charge on any atom is 0.238 e. The van der Waals surface area contributed by atoms with Crippen molar-refractivity contribution in [1.29, 1.82) is 0 Å². The van der Waals surface area contributed by atoms with Crippen molar-refractivity contribution in [1.82, 2.24) is 15.4 Å². The molecule has 0 spiro atoms. The average molecular weight is 384 g/mol. The van der Waals surface area contributed by atoms with E-state index in [0.29, 0.717) is 19.4 Å². The van der Waals surface area contributed by atoms with Crippen molar-refractivity contribution < 1.29 is 14.1 Å². The molecule has 2 N–H and O–H groups in total. The highest BCUT2D eigenvalue weighted by Crippen LogP contribution is 2.15. The molecule has 7 nitrogen and oxygen atoms in total. The van der Waals surface area contributed by atoms with E-state index in [2.05, 4.69) is 20.7 Å². The van der Waals surface area contributed by atoms with E-state index < -0.39 is 0 Å². The zero-order chi connectivity index (χ0) is 19.9. The molecule has 1 saturated heterocycles. The molecular formula is C21H28N4O3. The SMILES string of the molecule is Cc1noc(C)c1CCC(=O)NC1CCN(CC(=O)Nc2ccccc2)CC1. The molecule has 1 aromatic heterocycles. The Hall–Kier alpha value is -2.67. The summed E-state index contributed by atoms with van der Waals surface area (Å²) in [5, 5.41) is 9.95. The van der Waals surface area contributed by atoms with Gasteiger partial charge in [-0.05, 0) is 45.2 Å². The number of aromatic nitrogens is 1. The lowest BCUT2D eigenvalue weighted by atomic mass is 10.0. The Kier molecular flexibility index (Phi) is 6.81. The van der Waals surface area contributed by atoms with Crippen LogP contribution in [0.1, 0.15) is 36.3 Å². The molecule has 0 aliphatic carbocycles. The largest absolute Gasteiger partial charge is 0.361 e. The molecule has 0 bridgehead atoms. The quantitative estimate of drug-likeness (QED) is 0.766. The van der Waals surface area contributed by atoms with Gasteiger partial charge in [-0.3, -0.25) is 14.5 Å². The van der Waals surface area contributed by atoms with Gasteiger partial charge in [0.15, 0.2) is 0 Å². The van der Waals surface area contributed by atoms with Crippen LogP contribution >= 0.6 is 0 Å². The second-order valence-electron chi connectivity index (χ2n) is 7.33. The summed E-state index contributed by atoms with van der Waals surface area (Å²) < 4.78 is 5.14. The fourth-order valence-corrected chi connectivity index (χ4v) is 3.56. The second-order valence-corrected chi connectivity index (χ2v) is 7.33. The summed E-state index contributed by atoms with van der Waals surface area (Å²) in [6.07, 6.45) is 2.79. The van der Waals surface area contributed by atoms with Crippen LogP contribution < -0.4 is 10.6 Å². The maximum atomic E-state index is 12.3. The minimum atomic E-state index is -0.00635. The van der Waals surface area contributed by atoms with Crippen LogP contribution in [0.3, 0.4) is 0 Å². The molecule has 1 aliphatic rings. The third-order valence-corrected chi connectivity index (χ3v) is 5.16. The number of carbonyl (C=O) groups is 2. The lowest BCUT2D eigenvalue weighted by molar-refractivity contribution is -0.122. The number of anilines is 1. The van der Waals surface area contributed by atoms with Gasteiger partial charge in [-0.2, -0.15) is 0 Å². The first kappa shape index (κ1) is 20.1. The van der Waals surface area contributed by atoms with Gasteiger partial charge in [0.25, 0.3) is 0 Å². The third-order valence-electron chi connectivity index (χ3n) is 5.16. The highest BCUT2D eigenvalue weighted by atomic mass is 16.5. The lowest BCUT2D eigenvalue weighted by Crippen LogP contribution is -2.46. The van der Waals surface area contributed by atoms with Gasteiger partial charge in [0.1, 0.15) is 5.76 Å². The minimum absolute atomic E-state index is 0.00635. The topological polar surface area (TPSA) is 87.5 Å². The Morgan fingerprint density at radius 1 is 1.14 bits per heavy atom. The Balaban J connectivity index is 1.35. The molecule has 0 unspecified atom stereocenters. The molecule has 1 aromatic carbocycles. The fourth-order valence-electron chi connectivity index (χ4n) is 3.56. The lowest BCUT2D eigenvalue weighted by Gasteiger charge is -2.31. The fraction of sp³-hybridized carbons (Fsp3) is 0.476. The number of hydrogen-bond donors (Lipinski definition) is 2. The summed E-state index contributed by atoms with van der Waals surface area (Å²) >= 11 is 0. The van der Waals surface area contributed by atoms with Gasteiger partial charge in [0.05, 0.1) is 12.2 Å². The van der Waals surface area contributed by atoms with Gasteiger partial charge in [0, 0.05) is 36.8 Å². The van der Waals surface area contributed by atoms with Gasteiger partial charge in [-0.25, -0.2) is 0 Å². The average Bonchev–Trinajstić information content (AvgIpc) is 3.00. The molecule has 2 amide bonds. The summed E-state index contributed by atoms with van der Waals surface area (Å²) in [7, 11) is 0. The number of aryl methyl sites for hydroxylation is 2. The highest BCUT2D eigenvalue weighted by molar-refractivity contribution is 5.92. The van der Waals surface area contributed by atoms with E-state index in [1.54, 1.807) is 0 Å². The summed E-state index contributed by atoms with van der Waals surface area (Å²) in [6, 6.07) is 9.64. The summed E-state index contributed by atoms with van der Waals surface area (Å²) in [5.41, 5.74) is 2.69. The van der Waals surface area contributed by atoms with Crippen LogP contribution in [-0.2, 0) is 16.0 Å². The molecule has 3 rings (SSSR count). The van der Waals surface area contributed by atoms with Crippen LogP contribution in [0.25, 0.3) is 0 Å². The summed E-state index contributed by atoms with van der Waals surface area (Å²) in [5.74, 6) is 0.834. The van der Waals surface area contributed by atoms with Crippen LogP contribution in [0.15, 0.2) is 34.9 Å². The molecule has 150 valence electrons. The molecule has 28 heavy (non-hydrogen) atoms. The van der Waals surface area contributed by atoms with Crippen molar-refractivity contribution in [3.8, 4) is 0 Å². The number of rotatable bonds is 7. The zero-order valence-electron chi connectivity index (χ0n) is 16.5. The molecule has 1 aliphatic heterocycles. The Labute approximate surface area is 165 Å². The number of piperidine rings is 1. The first-order valence-electron chi connectivity index (χ1n) is 9.79. The highest BCUT2D eigenvalue weighted by Gasteiger charge is 2.22. The number of benzene rings is 1. The van der Waals surface area contributed by atoms with Crippen molar-refractivity contribution in [3.63, 3.8) is 0 Å². The molecule has 0 atom stereocenters. The van der Waals surface area contributed by atoms with Crippen LogP contribution in [0.2, 0.25) is 0 Å². The van der Waals surface area contributed by atoms with E-state index >= 15 is 0 Å². The molecule has 7 heteroatoms. The minimum Gasteiger partial charge on any atom is -0.361 e. The van der Waals surface area contributed by atoms with E-state index in [0.717, 1.165) is 48.6 Å². The Bertz CT molecular complexity index is 776. The van der Waals surface area contributed by atoms with Crippen molar-refractivity contribution in [2.75, 3.05) is 25.0 Å². The van der Waals surface area contributed by atoms with Crippen LogP contribution in [0.4, 0.5) is 5.69 Å². The van der Waals surface area contributed by atoms with Gasteiger partial charge in [-0.1, -0.05) is 23.4 Å². The number of nitrogens with one attached hydrogen (secondary N) is 2. The first-order chi connectivity index (χ1) is 13.5. The van der Waals surface area contributed by atoms with Crippen LogP contribution in [0.5, 0.6) is 0 Å². The Morgan fingerprint density at radius 3 is 2.50 bits per heavy atom. The van der Waals surface area contributed by atoms with Crippen molar-refractivity contribution in [2.45, 2.75) is 45.6 Å². The number of para-hydroxylation sites is 1. The number of carbonyl (C=O) groups excluding carboxylic acids is 2. The number of likely N-dealkylation sites (tertiary alicyclic amines) is 1. The monoisotopic (exact) mass is 384 g/mol. The number of nitrogens with zero attached hydrogens (tertiary/aromatic N) is 2. The van der Waals surface area contributed by atoms with Crippen LogP contribution in [-0.4, -0.2) is 47.5 Å². The molecule has 1 fully saturated rings. The van der Waals surface area contributed by atoms with E-state index in [4.69, 9.17) is 4.52 Å². The van der Waals surface area contributed by atoms with Crippen molar-refractivity contribution >= 4 is 17.5 Å². The van der Waals surface area contributed by atoms with Gasteiger partial charge < -0.3 is 15.2 Å². The van der Waals surface area contributed by atoms with Gasteiger partial charge >= 0.3 is 0 Å². The predicted octanol–water partition coefficient (Wildman–Crippen LogP) is 2.44. The summed E-state index contributed by atoms with van der Waals surface area (Å²) in [4.78, 5) is 26.5. The molecule has 2 heterocycles. The number of hydrogen-bond acceptors (Lipinski definition) is 5. The molecular weight excluding hydrogens is 356 g/mol. The van der Waals surface area contributed by atoms with E-state index in [1.165, 1.54) is 0 Å². The molecule has 0 radical (unpaired) electrons. The molecule has 2 aromatic rings. The molecule has 0 saturated carbocycles. The van der Waals surface area contributed by atoms with Gasteiger partial charge in [-0.15, -0.1) is 0 Å². The predicted molar refractivity (Wildman–Crippen MR) is 107 cm³/mol. The van der Waals surface area contributed by atoms with Crippen LogP contribution in [0, 0.1) is 13.8 Å². The maximum absolute atomic E-state index is 12.3. The van der Waals surface area contributed by atoms with Crippen molar-refractivity contribution in [2.24, 2.45) is 0 Å². The van der Waals surface area contributed by atoms with Crippen molar-refractivity contribution in [3.05, 3.63) is 47.3 Å². The smallest absolute Gasteiger partial charge is 0.238 e. The third kappa shape index (κ3) is 5.66. The normalized spacial score (nSPS) is 15.4. The van der Waals surface area contributed by atoms with E-state index in [1.807, 2.05) is 44.2 Å². The summed E-state index contributed by atoms with van der Waals surface area (Å²) in [6.45, 7) is 5.75. The standard InChI is InChI=1S/C21H28N4O3/c1-15-19(16(2)28-24-15)8-9-20(26)22-18-10-12-25(13-11-18)14-21(27)23-17-6-4-3-5-7-17/h3-7,18H,8-14H2,1-2H3,(H,22,26)(H,23,27). The Morgan fingerprint density at radius 2 is 1.86 bits per heavy atom. The second kappa shape index (κ2) is 9.50. The van der Waals surface area contributed by atoms with E-state index in [9.17, 15) is 9.59 Å². The van der Waals surface area contributed by atoms with Gasteiger partial charge in [0.2, 0.25) is 11.8 Å². The zero-order valence-corrected chi connectivity index (χ0v) is 16.5. The first-order valence-corrected chi connectivity index (χ1v) is 9.79. The number of amides is 2.